The lowest BCUT2D eigenvalue weighted by Crippen LogP contribution is -2.61. The van der Waals surface area contributed by atoms with E-state index in [2.05, 4.69) is 10.3 Å². The maximum absolute atomic E-state index is 12.6. The van der Waals surface area contributed by atoms with Gasteiger partial charge in [0, 0.05) is 30.1 Å². The molecule has 0 atom stereocenters. The van der Waals surface area contributed by atoms with Crippen molar-refractivity contribution in [1.82, 2.24) is 0 Å². The van der Waals surface area contributed by atoms with E-state index in [1.807, 2.05) is 0 Å². The van der Waals surface area contributed by atoms with Gasteiger partial charge in [-0.2, -0.15) is 26.3 Å². The van der Waals surface area contributed by atoms with E-state index in [1.165, 1.54) is 42.8 Å². The van der Waals surface area contributed by atoms with Crippen molar-refractivity contribution in [3.63, 3.8) is 0 Å². The van der Waals surface area contributed by atoms with E-state index in [-0.39, 0.29) is 11.4 Å². The van der Waals surface area contributed by atoms with Gasteiger partial charge in [-0.25, -0.2) is 4.99 Å². The lowest BCUT2D eigenvalue weighted by atomic mass is 10.2. The first-order valence-electron chi connectivity index (χ1n) is 7.02. The van der Waals surface area contributed by atoms with Crippen LogP contribution in [0.25, 0.3) is 0 Å². The van der Waals surface area contributed by atoms with Crippen molar-refractivity contribution >= 4 is 17.6 Å². The van der Waals surface area contributed by atoms with E-state index in [0.29, 0.717) is 0 Å². The summed E-state index contributed by atoms with van der Waals surface area (Å²) in [6.07, 6.45) is -4.73. The van der Waals surface area contributed by atoms with Crippen LogP contribution in [0.15, 0.2) is 60.8 Å². The smallest absolute Gasteiger partial charge is 0.361 e. The molecule has 0 aliphatic rings. The van der Waals surface area contributed by atoms with Gasteiger partial charge in [-0.3, -0.25) is 0 Å². The Morgan fingerprint density at radius 3 is 2.04 bits per heavy atom. The van der Waals surface area contributed by atoms with E-state index in [1.54, 1.807) is 0 Å². The molecule has 0 spiro atoms. The van der Waals surface area contributed by atoms with Crippen molar-refractivity contribution in [1.29, 1.82) is 0 Å². The average Bonchev–Trinajstić information content (AvgIpc) is 2.53. The number of rotatable bonds is 4. The minimum absolute atomic E-state index is 0.235. The van der Waals surface area contributed by atoms with Gasteiger partial charge in [0.05, 0.1) is 11.1 Å². The van der Waals surface area contributed by atoms with Crippen LogP contribution in [0.2, 0.25) is 0 Å². The Labute approximate surface area is 139 Å². The molecule has 2 nitrogen and oxygen atoms in total. The SMILES string of the molecule is FC(F)(F)c1cccc(NC=CC=[NH+]c2cccc(C(F)(F)F)c2)c1. The van der Waals surface area contributed by atoms with E-state index in [4.69, 9.17) is 0 Å². The molecule has 2 aromatic carbocycles. The van der Waals surface area contributed by atoms with Gasteiger partial charge < -0.3 is 5.32 Å². The molecule has 0 saturated heterocycles. The molecule has 25 heavy (non-hydrogen) atoms. The third-order valence-electron chi connectivity index (χ3n) is 3.07. The fourth-order valence-electron chi connectivity index (χ4n) is 1.91. The Balaban J connectivity index is 1.99. The molecule has 132 valence electrons. The van der Waals surface area contributed by atoms with Gasteiger partial charge in [-0.1, -0.05) is 12.1 Å². The van der Waals surface area contributed by atoms with E-state index < -0.39 is 23.5 Å². The zero-order chi connectivity index (χ0) is 18.5. The standard InChI is InChI=1S/C17H12F6N2/c18-16(19,20)12-4-1-6-14(10-12)24-8-3-9-25-15-7-2-5-13(11-15)17(21,22)23/h1-11,24H/p+1. The number of hydrogen-bond donors (Lipinski definition) is 2. The van der Waals surface area contributed by atoms with Crippen molar-refractivity contribution < 1.29 is 31.3 Å². The molecule has 0 heterocycles. The van der Waals surface area contributed by atoms with Gasteiger partial charge in [0.2, 0.25) is 5.69 Å². The Bertz CT molecular complexity index is 775. The summed E-state index contributed by atoms with van der Waals surface area (Å²) in [5.41, 5.74) is -1.09. The predicted octanol–water partition coefficient (Wildman–Crippen LogP) is 4.13. The molecule has 0 aromatic heterocycles. The number of anilines is 1. The summed E-state index contributed by atoms with van der Waals surface area (Å²) < 4.78 is 75.4. The molecule has 0 aliphatic carbocycles. The molecule has 0 fully saturated rings. The zero-order valence-corrected chi connectivity index (χ0v) is 12.6. The second-order valence-electron chi connectivity index (χ2n) is 4.97. The number of benzene rings is 2. The van der Waals surface area contributed by atoms with E-state index >= 15 is 0 Å². The quantitative estimate of drug-likeness (QED) is 0.623. The number of hydrogen-bond acceptors (Lipinski definition) is 1. The minimum Gasteiger partial charge on any atom is -0.361 e. The third kappa shape index (κ3) is 5.66. The Morgan fingerprint density at radius 1 is 0.800 bits per heavy atom. The summed E-state index contributed by atoms with van der Waals surface area (Å²) in [6.45, 7) is 0. The van der Waals surface area contributed by atoms with E-state index in [0.717, 1.165) is 24.3 Å². The minimum atomic E-state index is -4.43. The van der Waals surface area contributed by atoms with Gasteiger partial charge in [-0.05, 0) is 24.3 Å². The molecule has 0 bridgehead atoms. The molecule has 0 amide bonds. The van der Waals surface area contributed by atoms with Crippen LogP contribution >= 0.6 is 0 Å². The summed E-state index contributed by atoms with van der Waals surface area (Å²) in [5.74, 6) is 0. The highest BCUT2D eigenvalue weighted by molar-refractivity contribution is 5.67. The first-order valence-corrected chi connectivity index (χ1v) is 7.02. The average molecular weight is 359 g/mol. The summed E-state index contributed by atoms with van der Waals surface area (Å²) in [7, 11) is 0. The van der Waals surface area contributed by atoms with Crippen molar-refractivity contribution in [3.05, 3.63) is 71.9 Å². The highest BCUT2D eigenvalue weighted by atomic mass is 19.4. The maximum atomic E-state index is 12.6. The van der Waals surface area contributed by atoms with Crippen LogP contribution < -0.4 is 10.3 Å². The van der Waals surface area contributed by atoms with Gasteiger partial charge >= 0.3 is 12.4 Å². The second kappa shape index (κ2) is 7.42. The van der Waals surface area contributed by atoms with Gasteiger partial charge in [0.15, 0.2) is 6.21 Å². The Morgan fingerprint density at radius 2 is 1.40 bits per heavy atom. The van der Waals surface area contributed by atoms with Crippen LogP contribution in [-0.2, 0) is 12.4 Å². The largest absolute Gasteiger partial charge is 0.416 e. The number of allylic oxidation sites excluding steroid dienone is 1. The fourth-order valence-corrected chi connectivity index (χ4v) is 1.91. The van der Waals surface area contributed by atoms with Crippen LogP contribution in [-0.4, -0.2) is 6.21 Å². The third-order valence-corrected chi connectivity index (χ3v) is 3.07. The lowest BCUT2D eigenvalue weighted by Gasteiger charge is -2.08. The van der Waals surface area contributed by atoms with Crippen molar-refractivity contribution in [2.45, 2.75) is 12.4 Å². The van der Waals surface area contributed by atoms with Gasteiger partial charge in [0.25, 0.3) is 0 Å². The van der Waals surface area contributed by atoms with Crippen LogP contribution in [0.3, 0.4) is 0 Å². The van der Waals surface area contributed by atoms with Crippen LogP contribution in [0.4, 0.5) is 37.7 Å². The molecule has 0 unspecified atom stereocenters. The van der Waals surface area contributed by atoms with Crippen LogP contribution in [0.5, 0.6) is 0 Å². The summed E-state index contributed by atoms with van der Waals surface area (Å²) in [5, 5.41) is 2.65. The monoisotopic (exact) mass is 359 g/mol. The Kier molecular flexibility index (Phi) is 5.51. The number of nitrogens with one attached hydrogen (secondary N) is 2. The summed E-state index contributed by atoms with van der Waals surface area (Å²) >= 11 is 0. The maximum Gasteiger partial charge on any atom is 0.416 e. The van der Waals surface area contributed by atoms with Crippen molar-refractivity contribution in [2.24, 2.45) is 0 Å². The molecule has 2 aromatic rings. The molecule has 0 radical (unpaired) electrons. The molecule has 2 N–H and O–H groups in total. The van der Waals surface area contributed by atoms with Gasteiger partial charge in [0.1, 0.15) is 0 Å². The van der Waals surface area contributed by atoms with Crippen LogP contribution in [0, 0.1) is 0 Å². The topological polar surface area (TPSA) is 26.0 Å². The molecule has 8 heteroatoms. The number of halogens is 6. The highest BCUT2D eigenvalue weighted by Crippen LogP contribution is 2.31. The molecular weight excluding hydrogens is 346 g/mol. The van der Waals surface area contributed by atoms with Crippen molar-refractivity contribution in [3.8, 4) is 0 Å². The highest BCUT2D eigenvalue weighted by Gasteiger charge is 2.31. The summed E-state index contributed by atoms with van der Waals surface area (Å²) in [4.78, 5) is 2.65. The fraction of sp³-hybridized carbons (Fsp3) is 0.118. The normalized spacial score (nSPS) is 12.9. The number of alkyl halides is 6. The van der Waals surface area contributed by atoms with Gasteiger partial charge in [-0.15, -0.1) is 0 Å². The molecule has 0 saturated carbocycles. The second-order valence-corrected chi connectivity index (χ2v) is 4.97. The zero-order valence-electron chi connectivity index (χ0n) is 12.6. The first-order chi connectivity index (χ1) is 11.7. The van der Waals surface area contributed by atoms with Crippen LogP contribution in [0.1, 0.15) is 11.1 Å². The predicted molar refractivity (Wildman–Crippen MR) is 82.3 cm³/mol. The van der Waals surface area contributed by atoms with Crippen molar-refractivity contribution in [2.75, 3.05) is 5.32 Å². The molecule has 2 rings (SSSR count). The first kappa shape index (κ1) is 18.6. The lowest BCUT2D eigenvalue weighted by molar-refractivity contribution is -0.346. The van der Waals surface area contributed by atoms with E-state index in [9.17, 15) is 26.3 Å². The Hall–Kier alpha value is -2.77. The molecular formula is C17H13F6N2+. The molecule has 0 aliphatic heterocycles. The summed E-state index contributed by atoms with van der Waals surface area (Å²) in [6, 6.07) is 9.26.